The lowest BCUT2D eigenvalue weighted by atomic mass is 9.93. The first-order valence-electron chi connectivity index (χ1n) is 49.1. The van der Waals surface area contributed by atoms with Gasteiger partial charge in [-0.05, 0) is 167 Å². The van der Waals surface area contributed by atoms with Crippen LogP contribution in [0.5, 0.6) is 0 Å². The summed E-state index contributed by atoms with van der Waals surface area (Å²) in [5.41, 5.74) is 30.4. The van der Waals surface area contributed by atoms with Crippen LogP contribution < -0.4 is 0 Å². The van der Waals surface area contributed by atoms with Crippen LogP contribution in [0.25, 0.3) is 263 Å². The maximum atomic E-state index is 5.07. The van der Waals surface area contributed by atoms with Crippen LogP contribution >= 0.6 is 34.0 Å². The minimum atomic E-state index is 0.662. The van der Waals surface area contributed by atoms with E-state index in [2.05, 4.69) is 346 Å². The third-order valence-corrected chi connectivity index (χ3v) is 30.3. The van der Waals surface area contributed by atoms with Crippen LogP contribution in [0.15, 0.2) is 528 Å². The molecule has 0 aliphatic heterocycles. The van der Waals surface area contributed by atoms with Crippen molar-refractivity contribution in [1.82, 2.24) is 44.9 Å². The SMILES string of the molecule is c1ccc(-c2ccc(-c3cccc(-c4ccc5sc6cccc(-c7nc(-c8ccccc8)nc(-c8ccccc8)n7)c6c5c4)c3)cc2)cc1.c1ccc(-c2cccc(-c3ccc(-c4ccc5sc6cccc(-c7nc(-c8ccccc8)nc(-c8ccccc8)n7)c6c5c4)cc3)c2)cc1.c1ccc(-c2nc(-c3ccccc3)nc(-c3cccc4sc5ccc(-c6ccc(-c7ccccc7-c7ccccc7)cc6)cc5c34)n2)cc1. The molecule has 27 rings (SSSR count). The van der Waals surface area contributed by atoms with Crippen molar-refractivity contribution in [2.75, 3.05) is 0 Å². The number of aromatic nitrogens is 9. The van der Waals surface area contributed by atoms with Gasteiger partial charge in [0.05, 0.1) is 0 Å². The zero-order valence-electron chi connectivity index (χ0n) is 79.5. The standard InChI is InChI=1S/3C45H29N3S/c1-4-12-30(13-5-1)35-18-10-19-36(28-35)31-22-24-32(25-23-31)37-26-27-40-39(29-37)42-38(20-11-21-41(42)49-40)45-47-43(33-14-6-2-7-15-33)46-44(48-45)34-16-8-3-9-17-34;1-4-12-30(13-5-1)31-22-24-32(25-23-31)35-18-10-19-36(28-35)37-26-27-40-39(29-37)42-38(20-11-21-41(42)49-40)45-47-43(33-14-6-2-7-15-33)46-44(48-45)34-16-8-3-9-17-34;1-4-13-31(14-5-1)36-19-10-11-20-37(36)32-25-23-30(24-26-32)35-27-28-40-39(29-35)42-38(21-12-22-41(42)49-40)45-47-43(33-15-6-2-7-16-33)46-44(48-45)34-17-8-3-9-18-34/h3*1-29H. The van der Waals surface area contributed by atoms with Gasteiger partial charge >= 0.3 is 0 Å². The minimum absolute atomic E-state index is 0.662. The summed E-state index contributed by atoms with van der Waals surface area (Å²) in [5.74, 6) is 5.99. The van der Waals surface area contributed by atoms with Crippen molar-refractivity contribution in [2.24, 2.45) is 0 Å². The molecule has 12 heteroatoms. The lowest BCUT2D eigenvalue weighted by molar-refractivity contribution is 1.08. The summed E-state index contributed by atoms with van der Waals surface area (Å²) in [4.78, 5) is 45.1. The van der Waals surface area contributed by atoms with Crippen molar-refractivity contribution in [3.05, 3.63) is 528 Å². The molecule has 27 aromatic rings. The third kappa shape index (κ3) is 18.7. The first kappa shape index (κ1) is 89.6. The second-order valence-corrected chi connectivity index (χ2v) is 39.4. The molecular weight excluding hydrogens is 1840 g/mol. The molecular formula is C135H87N9S3. The summed E-state index contributed by atoms with van der Waals surface area (Å²) >= 11 is 5.41. The van der Waals surface area contributed by atoms with Crippen molar-refractivity contribution in [3.63, 3.8) is 0 Å². The smallest absolute Gasteiger partial charge is 0.164 e. The van der Waals surface area contributed by atoms with Gasteiger partial charge in [-0.2, -0.15) is 0 Å². The molecule has 21 aromatic carbocycles. The predicted octanol–water partition coefficient (Wildman–Crippen LogP) is 36.7. The average molecular weight is 1930 g/mol. The number of benzene rings is 21. The van der Waals surface area contributed by atoms with Gasteiger partial charge in [0.15, 0.2) is 52.4 Å². The maximum Gasteiger partial charge on any atom is 0.164 e. The average Bonchev–Trinajstić information content (AvgIpc) is 1.61. The lowest BCUT2D eigenvalue weighted by Crippen LogP contribution is -2.00. The van der Waals surface area contributed by atoms with E-state index in [0.717, 1.165) is 50.1 Å². The molecule has 147 heavy (non-hydrogen) atoms. The van der Waals surface area contributed by atoms with Crippen LogP contribution in [0.3, 0.4) is 0 Å². The molecule has 0 amide bonds. The van der Waals surface area contributed by atoms with E-state index in [9.17, 15) is 0 Å². The molecule has 0 unspecified atom stereocenters. The molecule has 0 aliphatic carbocycles. The number of hydrogen-bond acceptors (Lipinski definition) is 12. The molecule has 6 heterocycles. The number of thiophene rings is 3. The Balaban J connectivity index is 0.000000115. The molecule has 9 nitrogen and oxygen atoms in total. The van der Waals surface area contributed by atoms with Gasteiger partial charge in [-0.3, -0.25) is 0 Å². The van der Waals surface area contributed by atoms with Crippen LogP contribution in [-0.2, 0) is 0 Å². The summed E-state index contributed by atoms with van der Waals surface area (Å²) in [6.07, 6.45) is 0. The molecule has 0 atom stereocenters. The lowest BCUT2D eigenvalue weighted by Gasteiger charge is -2.11. The zero-order chi connectivity index (χ0) is 97.7. The van der Waals surface area contributed by atoms with E-state index in [1.807, 2.05) is 182 Å². The molecule has 0 N–H and O–H groups in total. The summed E-state index contributed by atoms with van der Waals surface area (Å²) in [7, 11) is 0. The maximum absolute atomic E-state index is 5.07. The van der Waals surface area contributed by atoms with Gasteiger partial charge in [0.25, 0.3) is 0 Å². The predicted molar refractivity (Wildman–Crippen MR) is 616 cm³/mol. The molecule has 0 radical (unpaired) electrons. The van der Waals surface area contributed by atoms with Crippen LogP contribution in [0.2, 0.25) is 0 Å². The van der Waals surface area contributed by atoms with E-state index < -0.39 is 0 Å². The van der Waals surface area contributed by atoms with Crippen molar-refractivity contribution in [1.29, 1.82) is 0 Å². The molecule has 690 valence electrons. The van der Waals surface area contributed by atoms with Crippen LogP contribution in [0.4, 0.5) is 0 Å². The van der Waals surface area contributed by atoms with Crippen LogP contribution in [-0.4, -0.2) is 44.9 Å². The van der Waals surface area contributed by atoms with Crippen molar-refractivity contribution in [3.8, 4) is 203 Å². The van der Waals surface area contributed by atoms with Crippen molar-refractivity contribution < 1.29 is 0 Å². The van der Waals surface area contributed by atoms with Gasteiger partial charge < -0.3 is 0 Å². The van der Waals surface area contributed by atoms with Crippen LogP contribution in [0, 0.1) is 0 Å². The molecule has 0 bridgehead atoms. The molecule has 6 aromatic heterocycles. The highest BCUT2D eigenvalue weighted by atomic mass is 32.1. The number of hydrogen-bond donors (Lipinski definition) is 0. The van der Waals surface area contributed by atoms with Gasteiger partial charge in [-0.15, -0.1) is 34.0 Å². The van der Waals surface area contributed by atoms with Gasteiger partial charge in [0.1, 0.15) is 0 Å². The van der Waals surface area contributed by atoms with E-state index in [-0.39, 0.29) is 0 Å². The van der Waals surface area contributed by atoms with Gasteiger partial charge in [-0.1, -0.05) is 461 Å². The topological polar surface area (TPSA) is 116 Å². The normalized spacial score (nSPS) is 11.3. The summed E-state index contributed by atoms with van der Waals surface area (Å²) in [6.45, 7) is 0. The zero-order valence-corrected chi connectivity index (χ0v) is 81.9. The number of fused-ring (bicyclic) bond motifs is 9. The Hall–Kier alpha value is -18.7. The summed E-state index contributed by atoms with van der Waals surface area (Å²) in [5, 5.41) is 7.12. The fourth-order valence-corrected chi connectivity index (χ4v) is 22.9. The Kier molecular flexibility index (Phi) is 24.6. The third-order valence-electron chi connectivity index (χ3n) is 26.9. The van der Waals surface area contributed by atoms with E-state index in [4.69, 9.17) is 44.9 Å². The minimum Gasteiger partial charge on any atom is -0.208 e. The van der Waals surface area contributed by atoms with Gasteiger partial charge in [-0.25, -0.2) is 44.9 Å². The fourth-order valence-electron chi connectivity index (χ4n) is 19.5. The monoisotopic (exact) mass is 1930 g/mol. The van der Waals surface area contributed by atoms with E-state index in [1.54, 1.807) is 34.0 Å². The highest BCUT2D eigenvalue weighted by Gasteiger charge is 2.24. The second kappa shape index (κ2) is 40.4. The fraction of sp³-hybridized carbons (Fsp3) is 0. The van der Waals surface area contributed by atoms with Crippen molar-refractivity contribution in [2.45, 2.75) is 0 Å². The van der Waals surface area contributed by atoms with E-state index >= 15 is 0 Å². The quantitative estimate of drug-likeness (QED) is 0.0828. The molecule has 0 aliphatic rings. The van der Waals surface area contributed by atoms with Crippen LogP contribution in [0.1, 0.15) is 0 Å². The molecule has 0 spiro atoms. The Morgan fingerprint density at radius 2 is 0.265 bits per heavy atom. The van der Waals surface area contributed by atoms with Crippen molar-refractivity contribution >= 4 is 94.5 Å². The summed E-state index contributed by atoms with van der Waals surface area (Å²) in [6, 6.07) is 185. The largest absolute Gasteiger partial charge is 0.208 e. The Labute approximate surface area is 863 Å². The molecule has 0 saturated carbocycles. The highest BCUT2D eigenvalue weighted by molar-refractivity contribution is 7.26. The number of rotatable bonds is 18. The Morgan fingerprint density at radius 3 is 0.537 bits per heavy atom. The Morgan fingerprint density at radius 1 is 0.102 bits per heavy atom. The molecule has 0 saturated heterocycles. The summed E-state index contributed by atoms with van der Waals surface area (Å²) < 4.78 is 7.34. The second-order valence-electron chi connectivity index (χ2n) is 36.1. The van der Waals surface area contributed by atoms with Gasteiger partial charge in [0.2, 0.25) is 0 Å². The molecule has 0 fully saturated rings. The number of nitrogens with zero attached hydrogens (tertiary/aromatic N) is 9. The Bertz CT molecular complexity index is 9300. The highest BCUT2D eigenvalue weighted by Crippen LogP contribution is 2.48. The van der Waals surface area contributed by atoms with Gasteiger partial charge in [0, 0.05) is 111 Å². The first-order chi connectivity index (χ1) is 72.8. The first-order valence-corrected chi connectivity index (χ1v) is 51.5. The van der Waals surface area contributed by atoms with E-state index in [1.165, 1.54) is 161 Å². The van der Waals surface area contributed by atoms with E-state index in [0.29, 0.717) is 52.4 Å².